The molecule has 3 aromatic heterocycles. The van der Waals surface area contributed by atoms with Crippen molar-refractivity contribution in [2.45, 2.75) is 20.8 Å². The van der Waals surface area contributed by atoms with Gasteiger partial charge in [-0.1, -0.05) is 127 Å². The summed E-state index contributed by atoms with van der Waals surface area (Å²) in [7, 11) is 0. The number of fused-ring (bicyclic) bond motifs is 3. The van der Waals surface area contributed by atoms with Gasteiger partial charge in [-0.15, -0.1) is 0 Å². The predicted octanol–water partition coefficient (Wildman–Crippen LogP) is 10.0. The second kappa shape index (κ2) is 25.2. The number of benzene rings is 6. The summed E-state index contributed by atoms with van der Waals surface area (Å²) >= 11 is 0. The van der Waals surface area contributed by atoms with Crippen molar-refractivity contribution in [2.24, 2.45) is 0 Å². The van der Waals surface area contributed by atoms with Gasteiger partial charge < -0.3 is 31.3 Å². The Balaban J connectivity index is 0.000000177. The summed E-state index contributed by atoms with van der Waals surface area (Å²) in [5, 5.41) is 42.0. The summed E-state index contributed by atoms with van der Waals surface area (Å²) in [6, 6.07) is 50.3. The van der Waals surface area contributed by atoms with Gasteiger partial charge in [-0.05, 0) is 123 Å². The van der Waals surface area contributed by atoms with Crippen LogP contribution in [0.3, 0.4) is 0 Å². The van der Waals surface area contributed by atoms with Gasteiger partial charge in [0.25, 0.3) is 17.7 Å². The normalized spacial score (nSPS) is 10.4. The Morgan fingerprint density at radius 2 is 0.589 bits per heavy atom. The molecule has 9 rings (SSSR count). The third-order valence-corrected chi connectivity index (χ3v) is 11.1. The van der Waals surface area contributed by atoms with Crippen molar-refractivity contribution in [2.75, 3.05) is 19.6 Å². The molecule has 366 valence electrons. The van der Waals surface area contributed by atoms with Crippen molar-refractivity contribution in [1.29, 1.82) is 0 Å². The van der Waals surface area contributed by atoms with E-state index in [-0.39, 0.29) is 92.3 Å². The molecule has 15 nitrogen and oxygen atoms in total. The fourth-order valence-corrected chi connectivity index (χ4v) is 7.92. The van der Waals surface area contributed by atoms with Crippen molar-refractivity contribution in [3.63, 3.8) is 0 Å². The number of nitrogens with one attached hydrogen (secondary N) is 3. The minimum absolute atomic E-state index is 0. The van der Waals surface area contributed by atoms with E-state index in [1.165, 1.54) is 18.2 Å². The molecule has 0 spiro atoms. The van der Waals surface area contributed by atoms with Crippen LogP contribution in [-0.2, 0) is 0 Å². The number of carbonyl (C=O) groups excluding carboxylic acids is 3. The molecule has 3 amide bonds. The topological polar surface area (TPSA) is 238 Å². The van der Waals surface area contributed by atoms with Crippen molar-refractivity contribution < 1.29 is 84.5 Å². The SMILES string of the molecule is CCNC(=O)c1cc(-c2cccc3ccccc23)cc(C(=O)O)n1.CCNC(=O)c1cc(-c2cccc3ccccc23)cc(C(=O)O)n1.CCNC(=O)c1cc(-c2cccc3ccccc23)cc(C(=O)O)n1.[Sm]. The Morgan fingerprint density at radius 3 is 0.836 bits per heavy atom. The van der Waals surface area contributed by atoms with Crippen molar-refractivity contribution >= 4 is 67.9 Å². The molecule has 6 N–H and O–H groups in total. The number of carboxylic acids is 3. The molecule has 0 radical (unpaired) electrons. The Kier molecular flexibility index (Phi) is 18.7. The van der Waals surface area contributed by atoms with Gasteiger partial charge >= 0.3 is 17.9 Å². The molecule has 0 aliphatic heterocycles. The summed E-state index contributed by atoms with van der Waals surface area (Å²) in [5.41, 5.74) is 4.39. The number of nitrogens with zero attached hydrogens (tertiary/aromatic N) is 3. The largest absolute Gasteiger partial charge is 0.477 e. The number of carbonyl (C=O) groups is 6. The van der Waals surface area contributed by atoms with Crippen LogP contribution in [0.1, 0.15) is 83.7 Å². The molecular weight excluding hydrogens is 1060 g/mol. The summed E-state index contributed by atoms with van der Waals surface area (Å²) < 4.78 is 0. The molecule has 6 aromatic carbocycles. The Morgan fingerprint density at radius 1 is 0.356 bits per heavy atom. The van der Waals surface area contributed by atoms with E-state index < -0.39 is 17.9 Å². The monoisotopic (exact) mass is 1110 g/mol. The molecule has 9 aromatic rings. The third-order valence-electron chi connectivity index (χ3n) is 11.1. The van der Waals surface area contributed by atoms with E-state index in [1.807, 2.05) is 127 Å². The smallest absolute Gasteiger partial charge is 0.354 e. The maximum absolute atomic E-state index is 12.1. The fraction of sp³-hybridized carbons (Fsp3) is 0.105. The zero-order chi connectivity index (χ0) is 51.3. The first-order valence-corrected chi connectivity index (χ1v) is 22.8. The molecule has 0 saturated carbocycles. The van der Waals surface area contributed by atoms with E-state index in [2.05, 4.69) is 30.9 Å². The molecule has 0 atom stereocenters. The quantitative estimate of drug-likeness (QED) is 0.0670. The van der Waals surface area contributed by atoms with Gasteiger partial charge in [0.05, 0.1) is 0 Å². The van der Waals surface area contributed by atoms with E-state index in [1.54, 1.807) is 39.0 Å². The zero-order valence-corrected chi connectivity index (χ0v) is 42.4. The minimum Gasteiger partial charge on any atom is -0.477 e. The van der Waals surface area contributed by atoms with Gasteiger partial charge in [0.1, 0.15) is 34.2 Å². The molecule has 0 aliphatic carbocycles. The van der Waals surface area contributed by atoms with Gasteiger partial charge in [-0.2, -0.15) is 0 Å². The van der Waals surface area contributed by atoms with E-state index in [9.17, 15) is 44.1 Å². The van der Waals surface area contributed by atoms with E-state index in [0.29, 0.717) is 36.3 Å². The van der Waals surface area contributed by atoms with Gasteiger partial charge in [-0.25, -0.2) is 29.3 Å². The van der Waals surface area contributed by atoms with Crippen LogP contribution in [0.4, 0.5) is 0 Å². The first-order valence-electron chi connectivity index (χ1n) is 22.8. The van der Waals surface area contributed by atoms with E-state index in [0.717, 1.165) is 49.0 Å². The fourth-order valence-electron chi connectivity index (χ4n) is 7.92. The van der Waals surface area contributed by atoms with Gasteiger partial charge in [0.15, 0.2) is 0 Å². The molecular formula is C57H48N6O9Sm. The van der Waals surface area contributed by atoms with Crippen LogP contribution in [0.5, 0.6) is 0 Å². The average Bonchev–Trinajstić information content (AvgIpc) is 3.40. The van der Waals surface area contributed by atoms with Crippen LogP contribution in [-0.4, -0.2) is 85.5 Å². The summed E-state index contributed by atoms with van der Waals surface area (Å²) in [6.07, 6.45) is 0. The number of carboxylic acid groups (broad SMARTS) is 3. The molecule has 73 heavy (non-hydrogen) atoms. The summed E-state index contributed by atoms with van der Waals surface area (Å²) in [5.74, 6) is -4.65. The second-order valence-corrected chi connectivity index (χ2v) is 16.0. The summed E-state index contributed by atoms with van der Waals surface area (Å²) in [6.45, 7) is 6.73. The number of amides is 3. The number of pyridine rings is 3. The average molecular weight is 1110 g/mol. The second-order valence-electron chi connectivity index (χ2n) is 16.0. The standard InChI is InChI=1S/3C19H16N2O3.Sm/c3*1-2-20-18(22)16-10-13(11-17(21-16)19(23)24)15-9-5-7-12-6-3-4-8-14(12)15;/h3*3-11H,2H2,1H3,(H,20,22)(H,23,24);. The summed E-state index contributed by atoms with van der Waals surface area (Å²) in [4.78, 5) is 82.3. The molecule has 0 saturated heterocycles. The number of aromatic nitrogens is 3. The zero-order valence-electron chi connectivity index (χ0n) is 39.8. The van der Waals surface area contributed by atoms with Crippen LogP contribution < -0.4 is 16.0 Å². The molecule has 3 heterocycles. The van der Waals surface area contributed by atoms with Gasteiger partial charge in [0.2, 0.25) is 0 Å². The number of rotatable bonds is 12. The number of hydrogen-bond acceptors (Lipinski definition) is 9. The molecule has 16 heteroatoms. The first kappa shape index (κ1) is 54.0. The molecule has 0 unspecified atom stereocenters. The van der Waals surface area contributed by atoms with Crippen molar-refractivity contribution in [1.82, 2.24) is 30.9 Å². The Bertz CT molecular complexity index is 3160. The minimum atomic E-state index is -1.16. The predicted molar refractivity (Wildman–Crippen MR) is 276 cm³/mol. The maximum atomic E-state index is 12.1. The molecule has 0 fully saturated rings. The van der Waals surface area contributed by atoms with E-state index >= 15 is 0 Å². The Labute approximate surface area is 451 Å². The van der Waals surface area contributed by atoms with Gasteiger partial charge in [-0.3, -0.25) is 14.4 Å². The van der Waals surface area contributed by atoms with Crippen LogP contribution in [0.2, 0.25) is 0 Å². The molecule has 0 bridgehead atoms. The van der Waals surface area contributed by atoms with Crippen LogP contribution in [0.15, 0.2) is 164 Å². The number of aromatic carboxylic acids is 3. The van der Waals surface area contributed by atoms with Crippen molar-refractivity contribution in [3.8, 4) is 33.4 Å². The Hall–Kier alpha value is -8.29. The van der Waals surface area contributed by atoms with Crippen LogP contribution >= 0.6 is 0 Å². The van der Waals surface area contributed by atoms with Crippen molar-refractivity contribution in [3.05, 3.63) is 198 Å². The molecule has 0 aliphatic rings. The van der Waals surface area contributed by atoms with Crippen LogP contribution in [0, 0.1) is 40.4 Å². The van der Waals surface area contributed by atoms with Crippen LogP contribution in [0.25, 0.3) is 65.7 Å². The third kappa shape index (κ3) is 13.2. The first-order chi connectivity index (χ1) is 34.8. The maximum Gasteiger partial charge on any atom is 0.354 e. The van der Waals surface area contributed by atoms with Gasteiger partial charge in [0, 0.05) is 60.0 Å². The van der Waals surface area contributed by atoms with E-state index in [4.69, 9.17) is 0 Å². The number of hydrogen-bond donors (Lipinski definition) is 6.